The van der Waals surface area contributed by atoms with E-state index in [1.54, 1.807) is 6.07 Å². The lowest BCUT2D eigenvalue weighted by molar-refractivity contribution is 0.101. The van der Waals surface area contributed by atoms with Crippen LogP contribution in [0.5, 0.6) is 11.5 Å². The molecule has 3 rings (SSSR count). The lowest BCUT2D eigenvalue weighted by Gasteiger charge is -2.17. The molecule has 7 heteroatoms. The Labute approximate surface area is 154 Å². The van der Waals surface area contributed by atoms with Crippen LogP contribution in [-0.4, -0.2) is 28.9 Å². The van der Waals surface area contributed by atoms with Crippen LogP contribution < -0.4 is 4.74 Å². The molecule has 0 saturated heterocycles. The van der Waals surface area contributed by atoms with Gasteiger partial charge in [-0.3, -0.25) is 9.69 Å². The van der Waals surface area contributed by atoms with E-state index < -0.39 is 5.82 Å². The molecule has 27 heavy (non-hydrogen) atoms. The van der Waals surface area contributed by atoms with Crippen molar-refractivity contribution in [1.29, 1.82) is 10.5 Å². The highest BCUT2D eigenvalue weighted by Gasteiger charge is 2.31. The van der Waals surface area contributed by atoms with Gasteiger partial charge in [0.2, 0.25) is 5.78 Å². The Morgan fingerprint density at radius 3 is 2.59 bits per heavy atom. The van der Waals surface area contributed by atoms with Crippen molar-refractivity contribution in [3.63, 3.8) is 0 Å². The summed E-state index contributed by atoms with van der Waals surface area (Å²) in [4.78, 5) is 14.1. The Hall–Kier alpha value is -3.68. The van der Waals surface area contributed by atoms with Crippen molar-refractivity contribution in [2.24, 2.45) is 0 Å². The number of nitriles is 2. The monoisotopic (exact) mass is 363 g/mol. The second-order valence-corrected chi connectivity index (χ2v) is 5.90. The van der Waals surface area contributed by atoms with E-state index in [0.29, 0.717) is 11.1 Å². The number of hydrogen-bond donors (Lipinski definition) is 1. The lowest BCUT2D eigenvalue weighted by atomic mass is 10.0. The zero-order valence-corrected chi connectivity index (χ0v) is 14.1. The molecular formula is C20H14FN3O3. The van der Waals surface area contributed by atoms with Gasteiger partial charge < -0.3 is 9.84 Å². The molecule has 1 N–H and O–H groups in total. The summed E-state index contributed by atoms with van der Waals surface area (Å²) in [6, 6.07) is 12.4. The third-order valence-corrected chi connectivity index (χ3v) is 4.03. The van der Waals surface area contributed by atoms with Crippen LogP contribution in [0.2, 0.25) is 0 Å². The number of hydrogen-bond acceptors (Lipinski definition) is 6. The number of carbonyl (C=O) groups excluding carboxylic acids is 1. The van der Waals surface area contributed by atoms with Gasteiger partial charge in [-0.15, -0.1) is 0 Å². The first-order valence-corrected chi connectivity index (χ1v) is 8.04. The highest BCUT2D eigenvalue weighted by Crippen LogP contribution is 2.40. The summed E-state index contributed by atoms with van der Waals surface area (Å²) in [6.07, 6.45) is 1.43. The Morgan fingerprint density at radius 1 is 1.19 bits per heavy atom. The quantitative estimate of drug-likeness (QED) is 0.648. The van der Waals surface area contributed by atoms with Crippen LogP contribution in [0.25, 0.3) is 6.08 Å². The third kappa shape index (κ3) is 3.79. The smallest absolute Gasteiger partial charge is 0.231 e. The van der Waals surface area contributed by atoms with Gasteiger partial charge in [0.05, 0.1) is 36.4 Å². The van der Waals surface area contributed by atoms with E-state index in [-0.39, 0.29) is 48.2 Å². The number of carbonyl (C=O) groups is 1. The maximum Gasteiger partial charge on any atom is 0.231 e. The number of allylic oxidation sites excluding steroid dienone is 1. The summed E-state index contributed by atoms with van der Waals surface area (Å²) in [5, 5.41) is 28.0. The van der Waals surface area contributed by atoms with Crippen molar-refractivity contribution in [3.05, 3.63) is 64.7 Å². The molecule has 1 aliphatic heterocycles. The average Bonchev–Trinajstić information content (AvgIpc) is 2.94. The fraction of sp³-hybridized carbons (Fsp3) is 0.150. The Balaban J connectivity index is 1.96. The molecule has 0 fully saturated rings. The van der Waals surface area contributed by atoms with Crippen LogP contribution in [0.1, 0.15) is 21.5 Å². The molecule has 0 amide bonds. The van der Waals surface area contributed by atoms with Crippen LogP contribution in [0.3, 0.4) is 0 Å². The summed E-state index contributed by atoms with van der Waals surface area (Å²) < 4.78 is 19.0. The van der Waals surface area contributed by atoms with Gasteiger partial charge in [0.25, 0.3) is 0 Å². The van der Waals surface area contributed by atoms with Crippen molar-refractivity contribution < 1.29 is 19.0 Å². The van der Waals surface area contributed by atoms with Crippen molar-refractivity contribution in [2.75, 3.05) is 13.1 Å². The number of benzene rings is 2. The highest BCUT2D eigenvalue weighted by molar-refractivity contribution is 6.15. The fourth-order valence-corrected chi connectivity index (χ4v) is 2.79. The van der Waals surface area contributed by atoms with Crippen LogP contribution in [0.15, 0.2) is 42.2 Å². The number of fused-ring (bicyclic) bond motifs is 1. The number of phenols is 1. The summed E-state index contributed by atoms with van der Waals surface area (Å²) in [7, 11) is 0. The van der Waals surface area contributed by atoms with Gasteiger partial charge in [-0.2, -0.15) is 10.5 Å². The van der Waals surface area contributed by atoms with Gasteiger partial charge >= 0.3 is 0 Å². The van der Waals surface area contributed by atoms with Crippen LogP contribution in [0.4, 0.5) is 4.39 Å². The molecule has 0 spiro atoms. The van der Waals surface area contributed by atoms with E-state index in [9.17, 15) is 14.3 Å². The predicted octanol–water partition coefficient (Wildman–Crippen LogP) is 3.00. The van der Waals surface area contributed by atoms with Crippen molar-refractivity contribution in [1.82, 2.24) is 4.90 Å². The molecule has 0 aromatic heterocycles. The molecule has 1 heterocycles. The average molecular weight is 363 g/mol. The lowest BCUT2D eigenvalue weighted by Crippen LogP contribution is -2.24. The van der Waals surface area contributed by atoms with Crippen LogP contribution >= 0.6 is 0 Å². The molecule has 2 aromatic rings. The summed E-state index contributed by atoms with van der Waals surface area (Å²) >= 11 is 0. The van der Waals surface area contributed by atoms with E-state index in [2.05, 4.69) is 0 Å². The zero-order valence-electron chi connectivity index (χ0n) is 14.1. The number of Topliss-reactive ketones (excluding diaryl/α,β-unsaturated/α-hetero) is 1. The first kappa shape index (κ1) is 18.1. The second kappa shape index (κ2) is 7.69. The fourth-order valence-electron chi connectivity index (χ4n) is 2.79. The van der Waals surface area contributed by atoms with Crippen molar-refractivity contribution in [3.8, 4) is 23.6 Å². The first-order chi connectivity index (χ1) is 13.0. The van der Waals surface area contributed by atoms with Gasteiger partial charge in [-0.1, -0.05) is 12.1 Å². The maximum atomic E-state index is 13.4. The molecule has 0 aliphatic carbocycles. The number of ketones is 1. The topological polar surface area (TPSA) is 97.3 Å². The number of phenolic OH excluding ortho intramolecular Hbond substituents is 1. The molecule has 0 atom stereocenters. The Kier molecular flexibility index (Phi) is 5.16. The normalized spacial score (nSPS) is 13.9. The highest BCUT2D eigenvalue weighted by atomic mass is 19.1. The first-order valence-electron chi connectivity index (χ1n) is 8.04. The predicted molar refractivity (Wildman–Crippen MR) is 93.9 cm³/mol. The molecule has 2 aromatic carbocycles. The zero-order chi connectivity index (χ0) is 19.4. The Morgan fingerprint density at radius 2 is 1.93 bits per heavy atom. The number of aromatic hydroxyl groups is 1. The van der Waals surface area contributed by atoms with Crippen molar-refractivity contribution >= 4 is 11.9 Å². The molecule has 0 saturated carbocycles. The molecule has 0 unspecified atom stereocenters. The summed E-state index contributed by atoms with van der Waals surface area (Å²) in [5.41, 5.74) is 1.04. The van der Waals surface area contributed by atoms with Gasteiger partial charge in [0, 0.05) is 6.54 Å². The molecule has 134 valence electrons. The molecular weight excluding hydrogens is 349 g/mol. The van der Waals surface area contributed by atoms with Gasteiger partial charge in [0.15, 0.2) is 5.76 Å². The molecule has 1 aliphatic rings. The summed E-state index contributed by atoms with van der Waals surface area (Å²) in [5.74, 6) is -0.732. The molecule has 0 bridgehead atoms. The molecule has 6 nitrogen and oxygen atoms in total. The van der Waals surface area contributed by atoms with E-state index >= 15 is 0 Å². The standard InChI is InChI=1S/C20H14FN3O3/c21-14-3-1-2-13(10-14)11-18-19(26)15-4-5-17(25)16(20(15)27-18)12-24(8-6-22)9-7-23/h1-5,10-11,25H,8-9,12H2. The van der Waals surface area contributed by atoms with Crippen LogP contribution in [0, 0.1) is 28.5 Å². The number of nitrogens with zero attached hydrogens (tertiary/aromatic N) is 3. The van der Waals surface area contributed by atoms with E-state index in [1.807, 2.05) is 12.1 Å². The van der Waals surface area contributed by atoms with Gasteiger partial charge in [-0.05, 0) is 35.9 Å². The minimum absolute atomic E-state index is 0.00886. The second-order valence-electron chi connectivity index (χ2n) is 5.90. The SMILES string of the molecule is N#CCN(CC#N)Cc1c(O)ccc2c1OC(=Cc1cccc(F)c1)C2=O. The minimum atomic E-state index is -0.436. The van der Waals surface area contributed by atoms with Gasteiger partial charge in [-0.25, -0.2) is 4.39 Å². The number of rotatable bonds is 5. The van der Waals surface area contributed by atoms with E-state index in [1.165, 1.54) is 41.3 Å². The van der Waals surface area contributed by atoms with Gasteiger partial charge in [0.1, 0.15) is 17.3 Å². The largest absolute Gasteiger partial charge is 0.507 e. The number of halogens is 1. The number of ether oxygens (including phenoxy) is 1. The maximum absolute atomic E-state index is 13.4. The van der Waals surface area contributed by atoms with Crippen LogP contribution in [-0.2, 0) is 6.54 Å². The van der Waals surface area contributed by atoms with Crippen molar-refractivity contribution in [2.45, 2.75) is 6.54 Å². The Bertz CT molecular complexity index is 1000. The van der Waals surface area contributed by atoms with E-state index in [0.717, 1.165) is 0 Å². The third-order valence-electron chi connectivity index (χ3n) is 4.03. The minimum Gasteiger partial charge on any atom is -0.507 e. The molecule has 0 radical (unpaired) electrons. The van der Waals surface area contributed by atoms with E-state index in [4.69, 9.17) is 15.3 Å². The summed E-state index contributed by atoms with van der Waals surface area (Å²) in [6.45, 7) is 0.0316.